The van der Waals surface area contributed by atoms with Crippen molar-refractivity contribution in [1.82, 2.24) is 4.57 Å². The predicted octanol–water partition coefficient (Wildman–Crippen LogP) is 8.95. The Hall–Kier alpha value is -3.59. The van der Waals surface area contributed by atoms with Gasteiger partial charge < -0.3 is 4.90 Å². The maximum Gasteiger partial charge on any atom is 0.255 e. The Morgan fingerprint density at radius 2 is 1.38 bits per heavy atom. The molecule has 0 amide bonds. The monoisotopic (exact) mass is 496 g/mol. The van der Waals surface area contributed by atoms with Crippen LogP contribution in [0.5, 0.6) is 0 Å². The third-order valence-corrected chi connectivity index (χ3v) is 6.15. The van der Waals surface area contributed by atoms with Crippen LogP contribution in [0.4, 0.5) is 5.69 Å². The van der Waals surface area contributed by atoms with Crippen LogP contribution in [0.3, 0.4) is 0 Å². The van der Waals surface area contributed by atoms with Crippen molar-refractivity contribution in [3.63, 3.8) is 0 Å². The summed E-state index contributed by atoms with van der Waals surface area (Å²) in [7, 11) is 0. The highest BCUT2D eigenvalue weighted by molar-refractivity contribution is 5.60. The lowest BCUT2D eigenvalue weighted by atomic mass is 10.1. The fraction of sp³-hybridized carbons (Fsp3) is 0.324. The van der Waals surface area contributed by atoms with Gasteiger partial charge in [0.2, 0.25) is 0 Å². The van der Waals surface area contributed by atoms with E-state index in [-0.39, 0.29) is 5.56 Å². The number of benzene rings is 2. The molecule has 1 aliphatic heterocycles. The quantitative estimate of drug-likeness (QED) is 0.305. The maximum atomic E-state index is 11.7. The van der Waals surface area contributed by atoms with E-state index in [9.17, 15) is 4.79 Å². The number of hydrogen-bond donors (Lipinski definition) is 0. The van der Waals surface area contributed by atoms with Gasteiger partial charge in [-0.1, -0.05) is 83.5 Å². The molecule has 2 aromatic carbocycles. The molecule has 3 nitrogen and oxygen atoms in total. The Bertz CT molecular complexity index is 1230. The van der Waals surface area contributed by atoms with Gasteiger partial charge in [-0.05, 0) is 85.7 Å². The number of aryl methyl sites for hydroxylation is 3. The fourth-order valence-corrected chi connectivity index (χ4v) is 3.97. The van der Waals surface area contributed by atoms with Gasteiger partial charge in [0.05, 0.1) is 0 Å². The van der Waals surface area contributed by atoms with Gasteiger partial charge in [0.25, 0.3) is 5.56 Å². The molecule has 0 radical (unpaired) electrons. The van der Waals surface area contributed by atoms with Crippen LogP contribution >= 0.6 is 0 Å². The first-order valence-corrected chi connectivity index (χ1v) is 13.6. The van der Waals surface area contributed by atoms with Crippen LogP contribution in [0.1, 0.15) is 70.6 Å². The zero-order valence-electron chi connectivity index (χ0n) is 23.6. The number of anilines is 1. The van der Waals surface area contributed by atoms with E-state index in [4.69, 9.17) is 0 Å². The lowest BCUT2D eigenvalue weighted by Crippen LogP contribution is -2.16. The molecule has 1 aliphatic rings. The van der Waals surface area contributed by atoms with E-state index in [1.165, 1.54) is 48.1 Å². The standard InChI is InChI=1S/C18H23N.C14H15NO.C2H6/c1-4-5-6-7-17-10-12-18(13-11-17)19-14-15(2)8-9-16(19)3;1-3-12-5-7-13(8-6-12)15-10-11(2)4-9-14(15)16;1-2/h8-14H,3-7H2,1-2H3;4-10H,3H2,1-2H3;1-2H3. The predicted molar refractivity (Wildman–Crippen MR) is 162 cm³/mol. The highest BCUT2D eigenvalue weighted by atomic mass is 16.1. The van der Waals surface area contributed by atoms with Crippen LogP contribution in [0.2, 0.25) is 0 Å². The molecule has 1 aromatic heterocycles. The normalized spacial score (nSPS) is 12.2. The van der Waals surface area contributed by atoms with E-state index >= 15 is 0 Å². The molecule has 0 fully saturated rings. The third-order valence-electron chi connectivity index (χ3n) is 6.15. The fourth-order valence-electron chi connectivity index (χ4n) is 3.97. The molecule has 0 aliphatic carbocycles. The number of hydrogen-bond acceptors (Lipinski definition) is 2. The summed E-state index contributed by atoms with van der Waals surface area (Å²) in [5.41, 5.74) is 8.18. The first kappa shape index (κ1) is 29.6. The number of nitrogens with zero attached hydrogens (tertiary/aromatic N) is 2. The van der Waals surface area contributed by atoms with Gasteiger partial charge in [-0.3, -0.25) is 9.36 Å². The van der Waals surface area contributed by atoms with Crippen LogP contribution in [0.15, 0.2) is 108 Å². The topological polar surface area (TPSA) is 25.2 Å². The largest absolute Gasteiger partial charge is 0.318 e. The number of allylic oxidation sites excluding steroid dienone is 3. The van der Waals surface area contributed by atoms with E-state index in [0.29, 0.717) is 0 Å². The van der Waals surface area contributed by atoms with E-state index in [0.717, 1.165) is 23.4 Å². The molecule has 0 saturated heterocycles. The summed E-state index contributed by atoms with van der Waals surface area (Å²) in [6, 6.07) is 20.4. The molecule has 0 saturated carbocycles. The van der Waals surface area contributed by atoms with Crippen molar-refractivity contribution in [1.29, 1.82) is 0 Å². The van der Waals surface area contributed by atoms with Gasteiger partial charge in [-0.25, -0.2) is 0 Å². The van der Waals surface area contributed by atoms with Gasteiger partial charge in [-0.15, -0.1) is 0 Å². The van der Waals surface area contributed by atoms with Crippen molar-refractivity contribution in [2.24, 2.45) is 0 Å². The molecule has 3 aromatic rings. The van der Waals surface area contributed by atoms with Gasteiger partial charge in [-0.2, -0.15) is 0 Å². The molecule has 0 N–H and O–H groups in total. The van der Waals surface area contributed by atoms with Crippen LogP contribution in [0, 0.1) is 6.92 Å². The molecular weight excluding hydrogens is 452 g/mol. The Kier molecular flexibility index (Phi) is 12.4. The molecule has 0 unspecified atom stereocenters. The molecule has 0 bridgehead atoms. The van der Waals surface area contributed by atoms with Crippen LogP contribution < -0.4 is 10.5 Å². The van der Waals surface area contributed by atoms with E-state index in [1.54, 1.807) is 10.6 Å². The van der Waals surface area contributed by atoms with Crippen molar-refractivity contribution in [2.45, 2.75) is 73.6 Å². The molecule has 37 heavy (non-hydrogen) atoms. The summed E-state index contributed by atoms with van der Waals surface area (Å²) in [6.45, 7) is 16.5. The maximum absolute atomic E-state index is 11.7. The Balaban J connectivity index is 0.000000247. The molecular formula is C34H44N2O. The minimum atomic E-state index is 0.00912. The summed E-state index contributed by atoms with van der Waals surface area (Å²) < 4.78 is 1.68. The SMILES string of the molecule is C=C1C=CC(C)=CN1c1ccc(CCCCC)cc1.CC.CCc1ccc(-n2cc(C)ccc2=O)cc1. The van der Waals surface area contributed by atoms with E-state index in [2.05, 4.69) is 87.0 Å². The molecule has 4 rings (SSSR count). The summed E-state index contributed by atoms with van der Waals surface area (Å²) in [4.78, 5) is 13.8. The van der Waals surface area contributed by atoms with Crippen molar-refractivity contribution in [2.75, 3.05) is 4.90 Å². The Morgan fingerprint density at radius 1 is 0.757 bits per heavy atom. The first-order valence-electron chi connectivity index (χ1n) is 13.6. The van der Waals surface area contributed by atoms with Crippen molar-refractivity contribution in [3.05, 3.63) is 130 Å². The summed E-state index contributed by atoms with van der Waals surface area (Å²) >= 11 is 0. The number of pyridine rings is 1. The molecule has 0 atom stereocenters. The van der Waals surface area contributed by atoms with Crippen molar-refractivity contribution in [3.8, 4) is 5.69 Å². The zero-order valence-corrected chi connectivity index (χ0v) is 23.6. The average molecular weight is 497 g/mol. The minimum absolute atomic E-state index is 0.00912. The van der Waals surface area contributed by atoms with Crippen molar-refractivity contribution < 1.29 is 0 Å². The lowest BCUT2D eigenvalue weighted by molar-refractivity contribution is 0.717. The second-order valence-electron chi connectivity index (χ2n) is 9.13. The zero-order chi connectivity index (χ0) is 27.2. The smallest absolute Gasteiger partial charge is 0.255 e. The van der Waals surface area contributed by atoms with Crippen LogP contribution in [-0.2, 0) is 12.8 Å². The molecule has 196 valence electrons. The van der Waals surface area contributed by atoms with E-state index < -0.39 is 0 Å². The lowest BCUT2D eigenvalue weighted by Gasteiger charge is -2.24. The number of rotatable bonds is 7. The molecule has 3 heteroatoms. The first-order chi connectivity index (χ1) is 17.9. The Morgan fingerprint density at radius 3 is 2.00 bits per heavy atom. The van der Waals surface area contributed by atoms with Gasteiger partial charge in [0, 0.05) is 35.5 Å². The molecule has 0 spiro atoms. The van der Waals surface area contributed by atoms with Crippen LogP contribution in [-0.4, -0.2) is 4.57 Å². The van der Waals surface area contributed by atoms with Gasteiger partial charge in [0.1, 0.15) is 0 Å². The summed E-state index contributed by atoms with van der Waals surface area (Å²) in [5.74, 6) is 0. The van der Waals surface area contributed by atoms with Gasteiger partial charge >= 0.3 is 0 Å². The minimum Gasteiger partial charge on any atom is -0.318 e. The third kappa shape index (κ3) is 9.09. The van der Waals surface area contributed by atoms with Crippen molar-refractivity contribution >= 4 is 5.69 Å². The summed E-state index contributed by atoms with van der Waals surface area (Å²) in [5, 5.41) is 0. The number of unbranched alkanes of at least 4 members (excludes halogenated alkanes) is 2. The Labute approximate surface area is 224 Å². The highest BCUT2D eigenvalue weighted by Gasteiger charge is 2.09. The van der Waals surface area contributed by atoms with Gasteiger partial charge in [0.15, 0.2) is 0 Å². The van der Waals surface area contributed by atoms with Crippen LogP contribution in [0.25, 0.3) is 5.69 Å². The van der Waals surface area contributed by atoms with E-state index in [1.807, 2.05) is 45.2 Å². The number of aromatic nitrogens is 1. The second kappa shape index (κ2) is 15.5. The molecule has 2 heterocycles. The second-order valence-corrected chi connectivity index (χ2v) is 9.13. The average Bonchev–Trinajstić information content (AvgIpc) is 2.93. The summed E-state index contributed by atoms with van der Waals surface area (Å²) in [6.07, 6.45) is 14.2. The highest BCUT2D eigenvalue weighted by Crippen LogP contribution is 2.25.